The lowest BCUT2D eigenvalue weighted by molar-refractivity contribution is 0.575. The second-order valence-corrected chi connectivity index (χ2v) is 5.45. The lowest BCUT2D eigenvalue weighted by atomic mass is 10.1. The highest BCUT2D eigenvalue weighted by molar-refractivity contribution is 7.89. The number of rotatable bonds is 5. The minimum Gasteiger partial charge on any atom is -0.326 e. The summed E-state index contributed by atoms with van der Waals surface area (Å²) in [6, 6.07) is 4.53. The molecule has 90 valence electrons. The van der Waals surface area contributed by atoms with Crippen LogP contribution in [-0.4, -0.2) is 14.2 Å². The Balaban J connectivity index is 2.76. The van der Waals surface area contributed by atoms with Gasteiger partial charge in [0.25, 0.3) is 0 Å². The van der Waals surface area contributed by atoms with Gasteiger partial charge in [-0.3, -0.25) is 0 Å². The molecule has 0 amide bonds. The summed E-state index contributed by atoms with van der Waals surface area (Å²) in [7, 11) is -3.29. The van der Waals surface area contributed by atoms with Crippen LogP contribution in [0.3, 0.4) is 0 Å². The maximum absolute atomic E-state index is 13.4. The average Bonchev–Trinajstić information content (AvgIpc) is 2.27. The molecule has 0 fully saturated rings. The SMILES string of the molecule is CCS(=O)(=O)NCc1ccc(CN)cc1F. The van der Waals surface area contributed by atoms with Crippen LogP contribution in [0.4, 0.5) is 4.39 Å². The first-order valence-electron chi connectivity index (χ1n) is 4.93. The molecule has 0 bridgehead atoms. The fourth-order valence-corrected chi connectivity index (χ4v) is 1.73. The molecule has 0 saturated heterocycles. The predicted octanol–water partition coefficient (Wildman–Crippen LogP) is 0.724. The fraction of sp³-hybridized carbons (Fsp3) is 0.400. The van der Waals surface area contributed by atoms with E-state index >= 15 is 0 Å². The standard InChI is InChI=1S/C10H15FN2O2S/c1-2-16(14,15)13-7-9-4-3-8(6-12)5-10(9)11/h3-5,13H,2,6-7,12H2,1H3. The highest BCUT2D eigenvalue weighted by atomic mass is 32.2. The van der Waals surface area contributed by atoms with E-state index in [0.717, 1.165) is 0 Å². The number of halogens is 1. The second-order valence-electron chi connectivity index (χ2n) is 3.35. The molecule has 6 heteroatoms. The van der Waals surface area contributed by atoms with E-state index in [1.165, 1.54) is 19.1 Å². The van der Waals surface area contributed by atoms with Crippen molar-refractivity contribution in [3.05, 3.63) is 35.1 Å². The van der Waals surface area contributed by atoms with Crippen molar-refractivity contribution in [2.24, 2.45) is 5.73 Å². The number of nitrogens with one attached hydrogen (secondary N) is 1. The highest BCUT2D eigenvalue weighted by Gasteiger charge is 2.08. The Labute approximate surface area is 94.7 Å². The van der Waals surface area contributed by atoms with Gasteiger partial charge in [-0.15, -0.1) is 0 Å². The van der Waals surface area contributed by atoms with Crippen LogP contribution in [0.5, 0.6) is 0 Å². The molecular weight excluding hydrogens is 231 g/mol. The Morgan fingerprint density at radius 2 is 2.12 bits per heavy atom. The lowest BCUT2D eigenvalue weighted by Crippen LogP contribution is -2.25. The molecule has 0 heterocycles. The van der Waals surface area contributed by atoms with Gasteiger partial charge in [0.1, 0.15) is 5.82 Å². The van der Waals surface area contributed by atoms with E-state index in [1.54, 1.807) is 6.07 Å². The average molecular weight is 246 g/mol. The van der Waals surface area contributed by atoms with Crippen molar-refractivity contribution >= 4 is 10.0 Å². The van der Waals surface area contributed by atoms with E-state index in [-0.39, 0.29) is 18.8 Å². The summed E-state index contributed by atoms with van der Waals surface area (Å²) >= 11 is 0. The number of nitrogens with two attached hydrogens (primary N) is 1. The third-order valence-electron chi connectivity index (χ3n) is 2.22. The monoisotopic (exact) mass is 246 g/mol. The van der Waals surface area contributed by atoms with E-state index in [1.807, 2.05) is 0 Å². The topological polar surface area (TPSA) is 72.2 Å². The molecule has 0 aromatic heterocycles. The summed E-state index contributed by atoms with van der Waals surface area (Å²) in [6.45, 7) is 1.75. The molecule has 0 atom stereocenters. The van der Waals surface area contributed by atoms with Crippen LogP contribution in [0.25, 0.3) is 0 Å². The molecule has 0 aliphatic rings. The van der Waals surface area contributed by atoms with Crippen molar-refractivity contribution in [2.45, 2.75) is 20.0 Å². The third kappa shape index (κ3) is 3.55. The number of hydrogen-bond donors (Lipinski definition) is 2. The third-order valence-corrected chi connectivity index (χ3v) is 3.56. The van der Waals surface area contributed by atoms with Crippen molar-refractivity contribution in [3.8, 4) is 0 Å². The maximum Gasteiger partial charge on any atom is 0.211 e. The van der Waals surface area contributed by atoms with Crippen LogP contribution >= 0.6 is 0 Å². The normalized spacial score (nSPS) is 11.7. The van der Waals surface area contributed by atoms with Gasteiger partial charge >= 0.3 is 0 Å². The minimum absolute atomic E-state index is 0.0184. The first-order chi connectivity index (χ1) is 7.48. The van der Waals surface area contributed by atoms with Crippen molar-refractivity contribution < 1.29 is 12.8 Å². The van der Waals surface area contributed by atoms with Gasteiger partial charge in [-0.2, -0.15) is 0 Å². The van der Waals surface area contributed by atoms with Crippen molar-refractivity contribution in [2.75, 3.05) is 5.75 Å². The molecule has 3 N–H and O–H groups in total. The molecule has 0 aliphatic heterocycles. The van der Waals surface area contributed by atoms with Crippen LogP contribution in [0, 0.1) is 5.82 Å². The van der Waals surface area contributed by atoms with Crippen LogP contribution in [0.2, 0.25) is 0 Å². The quantitative estimate of drug-likeness (QED) is 0.804. The van der Waals surface area contributed by atoms with E-state index < -0.39 is 15.8 Å². The highest BCUT2D eigenvalue weighted by Crippen LogP contribution is 2.10. The Bertz CT molecular complexity index is 460. The summed E-state index contributed by atoms with van der Waals surface area (Å²) in [4.78, 5) is 0. The molecule has 0 radical (unpaired) electrons. The second kappa shape index (κ2) is 5.38. The van der Waals surface area contributed by atoms with E-state index in [2.05, 4.69) is 4.72 Å². The zero-order valence-electron chi connectivity index (χ0n) is 9.03. The number of benzene rings is 1. The van der Waals surface area contributed by atoms with Crippen molar-refractivity contribution in [3.63, 3.8) is 0 Å². The molecular formula is C10H15FN2O2S. The summed E-state index contributed by atoms with van der Waals surface area (Å²) in [5.41, 5.74) is 6.35. The molecule has 1 aromatic rings. The molecule has 0 spiro atoms. The molecule has 0 unspecified atom stereocenters. The molecule has 4 nitrogen and oxygen atoms in total. The molecule has 1 aromatic carbocycles. The van der Waals surface area contributed by atoms with Crippen molar-refractivity contribution in [1.29, 1.82) is 0 Å². The summed E-state index contributed by atoms with van der Waals surface area (Å²) in [5, 5.41) is 0. The Morgan fingerprint density at radius 1 is 1.44 bits per heavy atom. The smallest absolute Gasteiger partial charge is 0.211 e. The van der Waals surface area contributed by atoms with Gasteiger partial charge in [0.05, 0.1) is 5.75 Å². The van der Waals surface area contributed by atoms with Gasteiger partial charge < -0.3 is 5.73 Å². The minimum atomic E-state index is -3.29. The van der Waals surface area contributed by atoms with Gasteiger partial charge in [-0.25, -0.2) is 17.5 Å². The molecule has 0 aliphatic carbocycles. The van der Waals surface area contributed by atoms with Crippen LogP contribution in [-0.2, 0) is 23.1 Å². The Morgan fingerprint density at radius 3 is 2.62 bits per heavy atom. The molecule has 1 rings (SSSR count). The molecule has 16 heavy (non-hydrogen) atoms. The van der Waals surface area contributed by atoms with Crippen LogP contribution in [0.1, 0.15) is 18.1 Å². The van der Waals surface area contributed by atoms with Gasteiger partial charge in [0.2, 0.25) is 10.0 Å². The maximum atomic E-state index is 13.4. The Hall–Kier alpha value is -0.980. The van der Waals surface area contributed by atoms with Gasteiger partial charge in [0.15, 0.2) is 0 Å². The van der Waals surface area contributed by atoms with E-state index in [9.17, 15) is 12.8 Å². The van der Waals surface area contributed by atoms with Crippen molar-refractivity contribution in [1.82, 2.24) is 4.72 Å². The van der Waals surface area contributed by atoms with Gasteiger partial charge in [-0.05, 0) is 18.6 Å². The van der Waals surface area contributed by atoms with E-state index in [0.29, 0.717) is 11.1 Å². The molecule has 0 saturated carbocycles. The van der Waals surface area contributed by atoms with E-state index in [4.69, 9.17) is 5.73 Å². The fourth-order valence-electron chi connectivity index (χ4n) is 1.15. The number of hydrogen-bond acceptors (Lipinski definition) is 3. The first kappa shape index (κ1) is 13.1. The zero-order valence-corrected chi connectivity index (χ0v) is 9.85. The van der Waals surface area contributed by atoms with Gasteiger partial charge in [0, 0.05) is 18.7 Å². The largest absolute Gasteiger partial charge is 0.326 e. The first-order valence-corrected chi connectivity index (χ1v) is 6.58. The summed E-state index contributed by atoms with van der Waals surface area (Å²) < 4.78 is 38.0. The Kier molecular flexibility index (Phi) is 4.40. The lowest BCUT2D eigenvalue weighted by Gasteiger charge is -2.06. The summed E-state index contributed by atoms with van der Waals surface area (Å²) in [6.07, 6.45) is 0. The van der Waals surface area contributed by atoms with Crippen LogP contribution in [0.15, 0.2) is 18.2 Å². The van der Waals surface area contributed by atoms with Crippen LogP contribution < -0.4 is 10.5 Å². The number of sulfonamides is 1. The van der Waals surface area contributed by atoms with Gasteiger partial charge in [-0.1, -0.05) is 12.1 Å². The summed E-state index contributed by atoms with van der Waals surface area (Å²) in [5.74, 6) is -0.461. The zero-order chi connectivity index (χ0) is 12.2. The predicted molar refractivity (Wildman–Crippen MR) is 60.6 cm³/mol.